The monoisotopic (exact) mass is 572 g/mol. The van der Waals surface area contributed by atoms with Gasteiger partial charge in [0.05, 0.1) is 12.1 Å². The maximum absolute atomic E-state index is 14.3. The van der Waals surface area contributed by atoms with Crippen LogP contribution >= 0.6 is 0 Å². The third-order valence-electron chi connectivity index (χ3n) is 7.97. The lowest BCUT2D eigenvalue weighted by Gasteiger charge is -2.24. The Balaban J connectivity index is 1.16. The number of anilines is 1. The molecule has 0 aliphatic carbocycles. The molecule has 1 spiro atoms. The molecule has 1 N–H and O–H groups in total. The SMILES string of the molecule is O=C(NCc1ccc(C(F)(F)F)cc1)c1ccccc1CN1C(=O)C2(COc3cc4c(cc32)OCO4)c2ccccc21. The van der Waals surface area contributed by atoms with Crippen LogP contribution in [0.15, 0.2) is 84.9 Å². The lowest BCUT2D eigenvalue weighted by Crippen LogP contribution is -2.42. The summed E-state index contributed by atoms with van der Waals surface area (Å²) in [4.78, 5) is 29.3. The quantitative estimate of drug-likeness (QED) is 0.338. The van der Waals surface area contributed by atoms with Gasteiger partial charge in [0.25, 0.3) is 5.91 Å². The van der Waals surface area contributed by atoms with E-state index in [-0.39, 0.29) is 32.4 Å². The number of hydrogen-bond donors (Lipinski definition) is 1. The van der Waals surface area contributed by atoms with Crippen molar-refractivity contribution in [3.8, 4) is 17.2 Å². The fourth-order valence-electron chi connectivity index (χ4n) is 5.86. The van der Waals surface area contributed by atoms with E-state index in [4.69, 9.17) is 14.2 Å². The number of carbonyl (C=O) groups excluding carboxylic acids is 2. The predicted octanol–water partition coefficient (Wildman–Crippen LogP) is 5.59. The van der Waals surface area contributed by atoms with Crippen molar-refractivity contribution in [2.75, 3.05) is 18.3 Å². The van der Waals surface area contributed by atoms with Crippen LogP contribution in [0.4, 0.5) is 18.9 Å². The van der Waals surface area contributed by atoms with Gasteiger partial charge in [-0.1, -0.05) is 48.5 Å². The average Bonchev–Trinajstić information content (AvgIpc) is 3.67. The molecule has 212 valence electrons. The van der Waals surface area contributed by atoms with Gasteiger partial charge >= 0.3 is 6.18 Å². The Labute approximate surface area is 238 Å². The van der Waals surface area contributed by atoms with Gasteiger partial charge in [-0.2, -0.15) is 13.2 Å². The molecule has 0 bridgehead atoms. The van der Waals surface area contributed by atoms with Crippen LogP contribution in [0.2, 0.25) is 0 Å². The molecule has 0 aromatic heterocycles. The molecule has 2 amide bonds. The van der Waals surface area contributed by atoms with E-state index < -0.39 is 23.1 Å². The number of rotatable bonds is 5. The van der Waals surface area contributed by atoms with E-state index in [9.17, 15) is 22.8 Å². The van der Waals surface area contributed by atoms with Crippen molar-refractivity contribution in [1.82, 2.24) is 5.32 Å². The van der Waals surface area contributed by atoms with Gasteiger partial charge in [0.1, 0.15) is 17.8 Å². The van der Waals surface area contributed by atoms with Crippen molar-refractivity contribution in [3.05, 3.63) is 118 Å². The highest BCUT2D eigenvalue weighted by atomic mass is 19.4. The third kappa shape index (κ3) is 4.05. The number of carbonyl (C=O) groups is 2. The minimum atomic E-state index is -4.43. The van der Waals surface area contributed by atoms with E-state index >= 15 is 0 Å². The summed E-state index contributed by atoms with van der Waals surface area (Å²) in [6.07, 6.45) is -4.43. The number of halogens is 3. The summed E-state index contributed by atoms with van der Waals surface area (Å²) in [5, 5.41) is 2.79. The van der Waals surface area contributed by atoms with E-state index in [2.05, 4.69) is 5.32 Å². The maximum Gasteiger partial charge on any atom is 0.416 e. The Morgan fingerprint density at radius 2 is 1.57 bits per heavy atom. The number of nitrogens with zero attached hydrogens (tertiary/aromatic N) is 1. The van der Waals surface area contributed by atoms with Gasteiger partial charge in [0.15, 0.2) is 11.5 Å². The highest BCUT2D eigenvalue weighted by Crippen LogP contribution is 2.55. The van der Waals surface area contributed by atoms with Gasteiger partial charge in [-0.25, -0.2) is 0 Å². The lowest BCUT2D eigenvalue weighted by molar-refractivity contribution is -0.137. The summed E-state index contributed by atoms with van der Waals surface area (Å²) in [6, 6.07) is 22.7. The first-order valence-electron chi connectivity index (χ1n) is 13.3. The molecular weight excluding hydrogens is 549 g/mol. The van der Waals surface area contributed by atoms with E-state index in [1.807, 2.05) is 30.3 Å². The number of amides is 2. The van der Waals surface area contributed by atoms with Crippen molar-refractivity contribution >= 4 is 17.5 Å². The van der Waals surface area contributed by atoms with E-state index in [0.717, 1.165) is 23.4 Å². The molecule has 7 rings (SSSR count). The first kappa shape index (κ1) is 25.9. The Morgan fingerprint density at radius 1 is 0.857 bits per heavy atom. The Hall–Kier alpha value is -4.99. The summed E-state index contributed by atoms with van der Waals surface area (Å²) >= 11 is 0. The molecule has 7 nitrogen and oxygen atoms in total. The topological polar surface area (TPSA) is 77.1 Å². The van der Waals surface area contributed by atoms with Crippen LogP contribution in [-0.2, 0) is 29.5 Å². The van der Waals surface area contributed by atoms with E-state index in [0.29, 0.717) is 39.5 Å². The summed E-state index contributed by atoms with van der Waals surface area (Å²) in [5.74, 6) is 1.10. The van der Waals surface area contributed by atoms with E-state index in [1.54, 1.807) is 35.2 Å². The van der Waals surface area contributed by atoms with Gasteiger partial charge in [-0.05, 0) is 47.0 Å². The van der Waals surface area contributed by atoms with Crippen LogP contribution in [0.5, 0.6) is 17.2 Å². The maximum atomic E-state index is 14.3. The summed E-state index contributed by atoms with van der Waals surface area (Å²) in [7, 11) is 0. The first-order valence-corrected chi connectivity index (χ1v) is 13.3. The third-order valence-corrected chi connectivity index (χ3v) is 7.97. The minimum absolute atomic E-state index is 0.0458. The Morgan fingerprint density at radius 3 is 2.36 bits per heavy atom. The molecule has 1 unspecified atom stereocenters. The summed E-state index contributed by atoms with van der Waals surface area (Å²) < 4.78 is 55.8. The second-order valence-electron chi connectivity index (χ2n) is 10.3. The molecule has 1 atom stereocenters. The first-order chi connectivity index (χ1) is 20.3. The zero-order valence-corrected chi connectivity index (χ0v) is 22.0. The van der Waals surface area contributed by atoms with Gasteiger partial charge < -0.3 is 24.4 Å². The molecule has 0 radical (unpaired) electrons. The molecule has 10 heteroatoms. The van der Waals surface area contributed by atoms with Crippen molar-refractivity contribution in [2.24, 2.45) is 0 Å². The van der Waals surface area contributed by atoms with Gasteiger partial charge in [-0.3, -0.25) is 9.59 Å². The predicted molar refractivity (Wildman–Crippen MR) is 146 cm³/mol. The van der Waals surface area contributed by atoms with Crippen molar-refractivity contribution < 1.29 is 37.0 Å². The van der Waals surface area contributed by atoms with Crippen LogP contribution in [0.25, 0.3) is 0 Å². The second-order valence-corrected chi connectivity index (χ2v) is 10.3. The van der Waals surface area contributed by atoms with Gasteiger partial charge in [0.2, 0.25) is 12.7 Å². The summed E-state index contributed by atoms with van der Waals surface area (Å²) in [5.41, 5.74) is 1.90. The van der Waals surface area contributed by atoms with Crippen LogP contribution < -0.4 is 24.4 Å². The molecule has 4 aromatic carbocycles. The zero-order chi connectivity index (χ0) is 29.1. The number of nitrogens with one attached hydrogen (secondary N) is 1. The number of fused-ring (bicyclic) bond motifs is 5. The highest BCUT2D eigenvalue weighted by molar-refractivity contribution is 6.11. The van der Waals surface area contributed by atoms with Crippen LogP contribution in [0.1, 0.15) is 38.2 Å². The number of ether oxygens (including phenoxy) is 3. The minimum Gasteiger partial charge on any atom is -0.491 e. The molecule has 0 fully saturated rings. The number of alkyl halides is 3. The molecule has 42 heavy (non-hydrogen) atoms. The van der Waals surface area contributed by atoms with Crippen molar-refractivity contribution in [3.63, 3.8) is 0 Å². The lowest BCUT2D eigenvalue weighted by atomic mass is 9.77. The largest absolute Gasteiger partial charge is 0.491 e. The zero-order valence-electron chi connectivity index (χ0n) is 22.0. The fraction of sp³-hybridized carbons (Fsp3) is 0.188. The number of hydrogen-bond acceptors (Lipinski definition) is 5. The van der Waals surface area contributed by atoms with Gasteiger partial charge in [0, 0.05) is 29.4 Å². The highest BCUT2D eigenvalue weighted by Gasteiger charge is 2.57. The van der Waals surface area contributed by atoms with Gasteiger partial charge in [-0.15, -0.1) is 0 Å². The van der Waals surface area contributed by atoms with Crippen LogP contribution in [0, 0.1) is 0 Å². The summed E-state index contributed by atoms with van der Waals surface area (Å²) in [6.45, 7) is 0.387. The number of benzene rings is 4. The molecule has 3 aliphatic rings. The number of para-hydroxylation sites is 1. The second kappa shape index (κ2) is 9.54. The molecular formula is C32H23F3N2O5. The Kier molecular flexibility index (Phi) is 5.89. The molecule has 4 aromatic rings. The normalized spacial score (nSPS) is 18.2. The van der Waals surface area contributed by atoms with Crippen LogP contribution in [-0.4, -0.2) is 25.2 Å². The van der Waals surface area contributed by atoms with Crippen molar-refractivity contribution in [1.29, 1.82) is 0 Å². The van der Waals surface area contributed by atoms with E-state index in [1.165, 1.54) is 12.1 Å². The smallest absolute Gasteiger partial charge is 0.416 e. The fourth-order valence-corrected chi connectivity index (χ4v) is 5.86. The molecule has 3 heterocycles. The molecule has 0 saturated heterocycles. The van der Waals surface area contributed by atoms with Crippen LogP contribution in [0.3, 0.4) is 0 Å². The molecule has 3 aliphatic heterocycles. The molecule has 0 saturated carbocycles. The Bertz CT molecular complexity index is 1740. The average molecular weight is 573 g/mol. The van der Waals surface area contributed by atoms with Crippen molar-refractivity contribution in [2.45, 2.75) is 24.7 Å². The standard InChI is InChI=1S/C32H23F3N2O5/c33-32(34,35)21-11-9-19(10-12-21)15-36-29(38)22-6-2-1-5-20(22)16-37-25-8-4-3-7-23(25)31(30(37)39)17-40-26-14-28-27(13-24(26)31)41-18-42-28/h1-14H,15-18H2,(H,36,38).